The molecule has 3 rings (SSSR count). The molecule has 2 heterocycles. The fraction of sp³-hybridized carbons (Fsp3) is 0.176. The Morgan fingerprint density at radius 1 is 1.33 bits per heavy atom. The molecule has 10 heteroatoms. The molecule has 0 spiro atoms. The summed E-state index contributed by atoms with van der Waals surface area (Å²) < 4.78 is 27.2. The Hall–Kier alpha value is -3.07. The van der Waals surface area contributed by atoms with Crippen molar-refractivity contribution < 1.29 is 18.7 Å². The topological polar surface area (TPSA) is 97.1 Å². The summed E-state index contributed by atoms with van der Waals surface area (Å²) in [6.07, 6.45) is -1.91. The van der Waals surface area contributed by atoms with E-state index < -0.39 is 24.1 Å². The van der Waals surface area contributed by atoms with Gasteiger partial charge in [-0.2, -0.15) is 0 Å². The van der Waals surface area contributed by atoms with Crippen molar-refractivity contribution >= 4 is 28.6 Å². The van der Waals surface area contributed by atoms with E-state index in [0.717, 1.165) is 16.8 Å². The Balaban J connectivity index is 2.36. The summed E-state index contributed by atoms with van der Waals surface area (Å²) in [5.74, 6) is 0.0189. The van der Waals surface area contributed by atoms with Gasteiger partial charge in [0.1, 0.15) is 5.82 Å². The van der Waals surface area contributed by atoms with Crippen molar-refractivity contribution in [3.8, 4) is 5.69 Å². The first-order valence-corrected chi connectivity index (χ1v) is 8.11. The maximum absolute atomic E-state index is 13.1. The first-order chi connectivity index (χ1) is 12.8. The van der Waals surface area contributed by atoms with E-state index in [1.54, 1.807) is 12.1 Å². The highest BCUT2D eigenvalue weighted by Crippen LogP contribution is 2.24. The number of pyridine rings is 1. The predicted octanol–water partition coefficient (Wildman–Crippen LogP) is 3.70. The lowest BCUT2D eigenvalue weighted by molar-refractivity contribution is 0.151. The molecule has 0 saturated heterocycles. The second kappa shape index (κ2) is 7.28. The third-order valence-corrected chi connectivity index (χ3v) is 4.17. The molecule has 7 nitrogen and oxygen atoms in total. The lowest BCUT2D eigenvalue weighted by Crippen LogP contribution is -2.32. The zero-order chi connectivity index (χ0) is 19.7. The average Bonchev–Trinajstić information content (AvgIpc) is 2.60. The van der Waals surface area contributed by atoms with Gasteiger partial charge >= 0.3 is 6.09 Å². The molecule has 0 aliphatic rings. The van der Waals surface area contributed by atoms with E-state index in [1.807, 2.05) is 0 Å². The van der Waals surface area contributed by atoms with Gasteiger partial charge in [-0.1, -0.05) is 17.7 Å². The number of halogens is 3. The van der Waals surface area contributed by atoms with Crippen LogP contribution >= 0.6 is 11.6 Å². The number of rotatable bonds is 4. The third kappa shape index (κ3) is 3.59. The minimum Gasteiger partial charge on any atom is -0.465 e. The fourth-order valence-corrected chi connectivity index (χ4v) is 2.93. The Morgan fingerprint density at radius 3 is 2.74 bits per heavy atom. The molecule has 0 fully saturated rings. The molecule has 1 atom stereocenters. The number of amides is 1. The number of hydrogen-bond donors (Lipinski definition) is 2. The van der Waals surface area contributed by atoms with Crippen molar-refractivity contribution in [3.63, 3.8) is 0 Å². The summed E-state index contributed by atoms with van der Waals surface area (Å²) in [6, 6.07) is 4.84. The van der Waals surface area contributed by atoms with Crippen LogP contribution in [0.25, 0.3) is 16.6 Å². The molecule has 3 aromatic rings. The standard InChI is InChI=1S/C17H13ClF2N4O3/c1-8(22-17(26)27)15-23-12-4-2-3-11(18)13(12)16(25)24(15)10-5-9(14(19)20)6-21-7-10/h2-8,14,22H,1H3,(H,26,27)/t8-/m0/s1. The Labute approximate surface area is 156 Å². The number of carboxylic acid groups (broad SMARTS) is 1. The Kier molecular flexibility index (Phi) is 5.04. The summed E-state index contributed by atoms with van der Waals surface area (Å²) in [4.78, 5) is 32.2. The predicted molar refractivity (Wildman–Crippen MR) is 94.7 cm³/mol. The van der Waals surface area contributed by atoms with Crippen molar-refractivity contribution in [2.45, 2.75) is 19.4 Å². The highest BCUT2D eigenvalue weighted by molar-refractivity contribution is 6.35. The van der Waals surface area contributed by atoms with Crippen LogP contribution in [0.3, 0.4) is 0 Å². The van der Waals surface area contributed by atoms with E-state index in [1.165, 1.54) is 19.2 Å². The number of aromatic nitrogens is 3. The van der Waals surface area contributed by atoms with Crippen LogP contribution in [0.4, 0.5) is 13.6 Å². The highest BCUT2D eigenvalue weighted by atomic mass is 35.5. The first kappa shape index (κ1) is 18.7. The highest BCUT2D eigenvalue weighted by Gasteiger charge is 2.21. The van der Waals surface area contributed by atoms with Gasteiger partial charge in [0, 0.05) is 11.8 Å². The van der Waals surface area contributed by atoms with E-state index in [4.69, 9.17) is 16.7 Å². The molecule has 0 aliphatic heterocycles. The summed E-state index contributed by atoms with van der Waals surface area (Å²) in [6.45, 7) is 1.48. The molecule has 0 radical (unpaired) electrons. The summed E-state index contributed by atoms with van der Waals surface area (Å²) >= 11 is 6.12. The molecule has 2 N–H and O–H groups in total. The van der Waals surface area contributed by atoms with Crippen molar-refractivity contribution in [2.75, 3.05) is 0 Å². The Bertz CT molecular complexity index is 1090. The van der Waals surface area contributed by atoms with Gasteiger partial charge in [-0.05, 0) is 25.1 Å². The second-order valence-corrected chi connectivity index (χ2v) is 6.10. The molecule has 0 saturated carbocycles. The number of carbonyl (C=O) groups is 1. The van der Waals surface area contributed by atoms with Crippen LogP contribution in [0.2, 0.25) is 5.02 Å². The zero-order valence-corrected chi connectivity index (χ0v) is 14.6. The maximum Gasteiger partial charge on any atom is 0.405 e. The molecular weight excluding hydrogens is 382 g/mol. The van der Waals surface area contributed by atoms with Gasteiger partial charge in [0.05, 0.1) is 33.9 Å². The van der Waals surface area contributed by atoms with Crippen molar-refractivity contribution in [1.82, 2.24) is 19.9 Å². The quantitative estimate of drug-likeness (QED) is 0.703. The lowest BCUT2D eigenvalue weighted by atomic mass is 10.2. The van der Waals surface area contributed by atoms with E-state index >= 15 is 0 Å². The second-order valence-electron chi connectivity index (χ2n) is 5.69. The van der Waals surface area contributed by atoms with Crippen molar-refractivity contribution in [1.29, 1.82) is 0 Å². The third-order valence-electron chi connectivity index (χ3n) is 3.86. The number of nitrogens with zero attached hydrogens (tertiary/aromatic N) is 3. The van der Waals surface area contributed by atoms with Crippen LogP contribution in [0.15, 0.2) is 41.5 Å². The lowest BCUT2D eigenvalue weighted by Gasteiger charge is -2.19. The first-order valence-electron chi connectivity index (χ1n) is 7.73. The van der Waals surface area contributed by atoms with Gasteiger partial charge in [0.25, 0.3) is 12.0 Å². The molecule has 27 heavy (non-hydrogen) atoms. The molecule has 1 amide bonds. The summed E-state index contributed by atoms with van der Waals surface area (Å²) in [7, 11) is 0. The largest absolute Gasteiger partial charge is 0.465 e. The van der Waals surface area contributed by atoms with E-state index in [9.17, 15) is 18.4 Å². The van der Waals surface area contributed by atoms with Gasteiger partial charge in [0.2, 0.25) is 0 Å². The molecule has 2 aromatic heterocycles. The zero-order valence-electron chi connectivity index (χ0n) is 13.9. The summed E-state index contributed by atoms with van der Waals surface area (Å²) in [5.41, 5.74) is -0.715. The van der Waals surface area contributed by atoms with Crippen LogP contribution in [-0.2, 0) is 0 Å². The number of benzene rings is 1. The molecule has 0 unspecified atom stereocenters. The van der Waals surface area contributed by atoms with Gasteiger partial charge < -0.3 is 10.4 Å². The minimum absolute atomic E-state index is 0.0189. The number of fused-ring (bicyclic) bond motifs is 1. The van der Waals surface area contributed by atoms with Gasteiger partial charge in [0.15, 0.2) is 0 Å². The maximum atomic E-state index is 13.1. The number of alkyl halides is 2. The van der Waals surface area contributed by atoms with Gasteiger partial charge in [-0.3, -0.25) is 14.3 Å². The smallest absolute Gasteiger partial charge is 0.405 e. The molecule has 0 bridgehead atoms. The Morgan fingerprint density at radius 2 is 2.07 bits per heavy atom. The number of nitrogens with one attached hydrogen (secondary N) is 1. The fourth-order valence-electron chi connectivity index (χ4n) is 2.68. The normalized spacial score (nSPS) is 12.3. The minimum atomic E-state index is -2.79. The molecule has 140 valence electrons. The van der Waals surface area contributed by atoms with Crippen LogP contribution in [-0.4, -0.2) is 25.7 Å². The van der Waals surface area contributed by atoms with E-state index in [-0.39, 0.29) is 33.0 Å². The van der Waals surface area contributed by atoms with Gasteiger partial charge in [-0.25, -0.2) is 18.6 Å². The van der Waals surface area contributed by atoms with E-state index in [0.29, 0.717) is 0 Å². The monoisotopic (exact) mass is 394 g/mol. The van der Waals surface area contributed by atoms with Crippen molar-refractivity contribution in [2.24, 2.45) is 0 Å². The molecule has 0 aliphatic carbocycles. The average molecular weight is 395 g/mol. The van der Waals surface area contributed by atoms with E-state index in [2.05, 4.69) is 15.3 Å². The van der Waals surface area contributed by atoms with Crippen LogP contribution in [0, 0.1) is 0 Å². The number of hydrogen-bond acceptors (Lipinski definition) is 4. The summed E-state index contributed by atoms with van der Waals surface area (Å²) in [5, 5.41) is 11.4. The van der Waals surface area contributed by atoms with Crippen LogP contribution in [0.5, 0.6) is 0 Å². The van der Waals surface area contributed by atoms with Crippen LogP contribution < -0.4 is 10.9 Å². The molecular formula is C17H13ClF2N4O3. The van der Waals surface area contributed by atoms with Crippen LogP contribution in [0.1, 0.15) is 30.8 Å². The van der Waals surface area contributed by atoms with Gasteiger partial charge in [-0.15, -0.1) is 0 Å². The molecule has 1 aromatic carbocycles. The van der Waals surface area contributed by atoms with Crippen molar-refractivity contribution in [3.05, 3.63) is 63.4 Å². The SMILES string of the molecule is C[C@H](NC(=O)O)c1nc2cccc(Cl)c2c(=O)n1-c1cncc(C(F)F)c1.